The van der Waals surface area contributed by atoms with Crippen LogP contribution in [0.25, 0.3) is 10.2 Å². The molecule has 6 nitrogen and oxygen atoms in total. The number of carbonyl (C=O) groups is 1. The van der Waals surface area contributed by atoms with Gasteiger partial charge in [0.25, 0.3) is 0 Å². The molecule has 1 N–H and O–H groups in total. The normalized spacial score (nSPS) is 15.7. The molecule has 0 atom stereocenters. The zero-order chi connectivity index (χ0) is 24.5. The van der Waals surface area contributed by atoms with Gasteiger partial charge in [0.05, 0.1) is 5.39 Å². The number of nitrogens with zero attached hydrogens (tertiary/aromatic N) is 4. The number of halogens is 1. The molecule has 2 amide bonds. The summed E-state index contributed by atoms with van der Waals surface area (Å²) >= 11 is 5.29. The first-order valence-electron chi connectivity index (χ1n) is 12.6. The Morgan fingerprint density at radius 3 is 2.47 bits per heavy atom. The largest absolute Gasteiger partial charge is 0.352 e. The minimum absolute atomic E-state index is 0.0533. The van der Waals surface area contributed by atoms with Crippen molar-refractivity contribution < 1.29 is 4.79 Å². The minimum atomic E-state index is -0.0533. The monoisotopic (exact) mass is 561 g/mol. The number of piperazine rings is 1. The number of urea groups is 1. The van der Waals surface area contributed by atoms with Gasteiger partial charge in [-0.1, -0.05) is 46.3 Å². The van der Waals surface area contributed by atoms with Crippen molar-refractivity contribution in [2.24, 2.45) is 0 Å². The summed E-state index contributed by atoms with van der Waals surface area (Å²) in [6.07, 6.45) is 5.47. The first-order chi connectivity index (χ1) is 17.6. The van der Waals surface area contributed by atoms with E-state index in [1.807, 2.05) is 46.6 Å². The fourth-order valence-electron chi connectivity index (χ4n) is 5.12. The zero-order valence-electron chi connectivity index (χ0n) is 20.0. The third kappa shape index (κ3) is 4.84. The highest BCUT2D eigenvalue weighted by molar-refractivity contribution is 9.10. The number of thiophene rings is 1. The molecule has 2 aliphatic rings. The van der Waals surface area contributed by atoms with Gasteiger partial charge in [-0.05, 0) is 61.1 Å². The summed E-state index contributed by atoms with van der Waals surface area (Å²) in [6, 6.07) is 18.1. The molecule has 0 spiro atoms. The van der Waals surface area contributed by atoms with E-state index >= 15 is 0 Å². The van der Waals surface area contributed by atoms with E-state index in [1.54, 1.807) is 0 Å². The summed E-state index contributed by atoms with van der Waals surface area (Å²) in [5.41, 5.74) is 3.48. The number of hydrogen-bond acceptors (Lipinski definition) is 5. The van der Waals surface area contributed by atoms with Gasteiger partial charge in [-0.25, -0.2) is 14.8 Å². The smallest absolute Gasteiger partial charge is 0.321 e. The van der Waals surface area contributed by atoms with Crippen molar-refractivity contribution in [3.05, 3.63) is 80.9 Å². The van der Waals surface area contributed by atoms with Crippen molar-refractivity contribution in [3.63, 3.8) is 0 Å². The maximum atomic E-state index is 12.9. The Hall–Kier alpha value is -2.97. The van der Waals surface area contributed by atoms with Gasteiger partial charge in [0.2, 0.25) is 0 Å². The van der Waals surface area contributed by atoms with Crippen molar-refractivity contribution >= 4 is 55.0 Å². The Bertz CT molecular complexity index is 1380. The Morgan fingerprint density at radius 1 is 0.944 bits per heavy atom. The number of anilines is 2. The number of aryl methyl sites for hydroxylation is 2. The zero-order valence-corrected chi connectivity index (χ0v) is 22.4. The minimum Gasteiger partial charge on any atom is -0.352 e. The number of nitrogens with one attached hydrogen (secondary N) is 1. The van der Waals surface area contributed by atoms with E-state index in [4.69, 9.17) is 9.97 Å². The van der Waals surface area contributed by atoms with Gasteiger partial charge >= 0.3 is 6.03 Å². The molecule has 2 aromatic heterocycles. The summed E-state index contributed by atoms with van der Waals surface area (Å²) < 4.78 is 0.993. The van der Waals surface area contributed by atoms with E-state index in [2.05, 4.69) is 50.4 Å². The van der Waals surface area contributed by atoms with Crippen LogP contribution in [0, 0.1) is 0 Å². The summed E-state index contributed by atoms with van der Waals surface area (Å²) in [5, 5.41) is 4.27. The van der Waals surface area contributed by atoms with Gasteiger partial charge in [0, 0.05) is 47.6 Å². The molecular weight excluding hydrogens is 534 g/mol. The summed E-state index contributed by atoms with van der Waals surface area (Å²) in [5.74, 6) is 1.93. The SMILES string of the molecule is O=C(Nc1ccc(Br)cc1)N1CCN(c2nc(Cc3ccccc3)nc3sc4c(c23)CCCC4)CC1. The number of rotatable bonds is 4. The highest BCUT2D eigenvalue weighted by atomic mass is 79.9. The van der Waals surface area contributed by atoms with Gasteiger partial charge < -0.3 is 15.1 Å². The van der Waals surface area contributed by atoms with E-state index in [-0.39, 0.29) is 6.03 Å². The maximum absolute atomic E-state index is 12.9. The predicted molar refractivity (Wildman–Crippen MR) is 150 cm³/mol. The fraction of sp³-hybridized carbons (Fsp3) is 0.321. The van der Waals surface area contributed by atoms with Crippen LogP contribution >= 0.6 is 27.3 Å². The lowest BCUT2D eigenvalue weighted by atomic mass is 9.96. The molecule has 1 fully saturated rings. The standard InChI is InChI=1S/C28H28BrN5OS/c29-20-10-12-21(13-11-20)30-28(35)34-16-14-33(15-17-34)26-25-22-8-4-5-9-23(22)36-27(25)32-24(31-26)18-19-6-2-1-3-7-19/h1-3,6-7,10-13H,4-5,8-9,14-18H2,(H,30,35). The van der Waals surface area contributed by atoms with Crippen molar-refractivity contribution in [1.29, 1.82) is 0 Å². The van der Waals surface area contributed by atoms with Crippen LogP contribution < -0.4 is 10.2 Å². The summed E-state index contributed by atoms with van der Waals surface area (Å²) in [7, 11) is 0. The maximum Gasteiger partial charge on any atom is 0.321 e. The van der Waals surface area contributed by atoms with E-state index in [0.29, 0.717) is 13.1 Å². The van der Waals surface area contributed by atoms with Crippen LogP contribution in [0.3, 0.4) is 0 Å². The van der Waals surface area contributed by atoms with Crippen LogP contribution in [0.1, 0.15) is 34.7 Å². The van der Waals surface area contributed by atoms with E-state index in [9.17, 15) is 4.79 Å². The van der Waals surface area contributed by atoms with Crippen molar-refractivity contribution in [3.8, 4) is 0 Å². The van der Waals surface area contributed by atoms with Crippen molar-refractivity contribution in [1.82, 2.24) is 14.9 Å². The first-order valence-corrected chi connectivity index (χ1v) is 14.2. The molecule has 2 aromatic carbocycles. The van der Waals surface area contributed by atoms with E-state index in [0.717, 1.165) is 59.0 Å². The molecule has 0 unspecified atom stereocenters. The van der Waals surface area contributed by atoms with Crippen LogP contribution in [0.4, 0.5) is 16.3 Å². The van der Waals surface area contributed by atoms with E-state index < -0.39 is 0 Å². The van der Waals surface area contributed by atoms with Crippen LogP contribution in [0.5, 0.6) is 0 Å². The highest BCUT2D eigenvalue weighted by Crippen LogP contribution is 2.40. The molecule has 6 rings (SSSR count). The van der Waals surface area contributed by atoms with Gasteiger partial charge in [0.1, 0.15) is 16.5 Å². The summed E-state index contributed by atoms with van der Waals surface area (Å²) in [4.78, 5) is 29.9. The predicted octanol–water partition coefficient (Wildman–Crippen LogP) is 6.28. The molecule has 1 aliphatic carbocycles. The number of fused-ring (bicyclic) bond motifs is 3. The number of benzene rings is 2. The lowest BCUT2D eigenvalue weighted by Crippen LogP contribution is -2.50. The molecule has 8 heteroatoms. The molecule has 1 aliphatic heterocycles. The Morgan fingerprint density at radius 2 is 1.69 bits per heavy atom. The Balaban J connectivity index is 1.25. The molecule has 0 radical (unpaired) electrons. The number of amides is 2. The van der Waals surface area contributed by atoms with Crippen LogP contribution in [0.2, 0.25) is 0 Å². The molecular formula is C28H28BrN5OS. The lowest BCUT2D eigenvalue weighted by molar-refractivity contribution is 0.208. The van der Waals surface area contributed by atoms with Crippen molar-refractivity contribution in [2.45, 2.75) is 32.1 Å². The van der Waals surface area contributed by atoms with Gasteiger partial charge in [-0.3, -0.25) is 0 Å². The average molecular weight is 563 g/mol. The third-order valence-electron chi connectivity index (χ3n) is 7.01. The van der Waals surface area contributed by atoms with Crippen LogP contribution in [-0.4, -0.2) is 47.1 Å². The van der Waals surface area contributed by atoms with Gasteiger partial charge in [0.15, 0.2) is 0 Å². The Labute approximate surface area is 223 Å². The number of hydrogen-bond donors (Lipinski definition) is 1. The second kappa shape index (κ2) is 10.2. The van der Waals surface area contributed by atoms with Crippen LogP contribution in [-0.2, 0) is 19.3 Å². The topological polar surface area (TPSA) is 61.4 Å². The molecule has 4 aromatic rings. The molecule has 1 saturated heterocycles. The van der Waals surface area contributed by atoms with Crippen molar-refractivity contribution in [2.75, 3.05) is 36.4 Å². The second-order valence-corrected chi connectivity index (χ2v) is 11.4. The first kappa shape index (κ1) is 23.4. The second-order valence-electron chi connectivity index (χ2n) is 9.43. The molecule has 36 heavy (non-hydrogen) atoms. The molecule has 184 valence electrons. The summed E-state index contributed by atoms with van der Waals surface area (Å²) in [6.45, 7) is 2.84. The lowest BCUT2D eigenvalue weighted by Gasteiger charge is -2.36. The number of carbonyl (C=O) groups excluding carboxylic acids is 1. The molecule has 0 saturated carbocycles. The Kier molecular flexibility index (Phi) is 6.63. The van der Waals surface area contributed by atoms with E-state index in [1.165, 1.54) is 34.2 Å². The third-order valence-corrected chi connectivity index (χ3v) is 8.72. The number of aromatic nitrogens is 2. The van der Waals surface area contributed by atoms with Crippen LogP contribution in [0.15, 0.2) is 59.1 Å². The molecule has 0 bridgehead atoms. The molecule has 3 heterocycles. The van der Waals surface area contributed by atoms with Gasteiger partial charge in [-0.2, -0.15) is 0 Å². The highest BCUT2D eigenvalue weighted by Gasteiger charge is 2.27. The fourth-order valence-corrected chi connectivity index (χ4v) is 6.66. The van der Waals surface area contributed by atoms with Gasteiger partial charge in [-0.15, -0.1) is 11.3 Å². The average Bonchev–Trinajstić information content (AvgIpc) is 3.29. The quantitative estimate of drug-likeness (QED) is 0.318.